The minimum absolute atomic E-state index is 0.0935. The molecule has 2 rings (SSSR count). The Kier molecular flexibility index (Phi) is 16.2. The van der Waals surface area contributed by atoms with E-state index in [1.807, 2.05) is 30.3 Å². The SMILES string of the molecule is O=C(CCOCCOCCOCCOCCOCCOCc1ccccc1)Oc1c(F)c(F)c(F)c(F)c1F. The monoisotopic (exact) mass is 566 g/mol. The summed E-state index contributed by atoms with van der Waals surface area (Å²) in [5.41, 5.74) is 1.11. The summed E-state index contributed by atoms with van der Waals surface area (Å²) in [7, 11) is 0. The zero-order valence-electron chi connectivity index (χ0n) is 21.2. The summed E-state index contributed by atoms with van der Waals surface area (Å²) in [6, 6.07) is 9.87. The van der Waals surface area contributed by atoms with E-state index in [1.165, 1.54) is 0 Å². The van der Waals surface area contributed by atoms with Gasteiger partial charge in [0, 0.05) is 0 Å². The molecule has 0 bridgehead atoms. The standard InChI is InChI=1S/C26H31F5O8/c27-21-22(28)24(30)26(25(31)23(21)29)39-20(32)6-7-33-8-9-34-10-11-35-12-13-36-14-15-37-16-17-38-18-19-4-2-1-3-5-19/h1-5H,6-18H2. The first-order valence-electron chi connectivity index (χ1n) is 12.1. The van der Waals surface area contributed by atoms with Gasteiger partial charge in [-0.25, -0.2) is 13.2 Å². The summed E-state index contributed by atoms with van der Waals surface area (Å²) in [5, 5.41) is 0. The molecule has 0 amide bonds. The normalized spacial score (nSPS) is 11.2. The molecular formula is C26H31F5O8. The molecule has 0 unspecified atom stereocenters. The van der Waals surface area contributed by atoms with E-state index in [1.54, 1.807) is 0 Å². The molecule has 0 aliphatic carbocycles. The fourth-order valence-electron chi connectivity index (χ4n) is 2.86. The quantitative estimate of drug-likeness (QED) is 0.0561. The summed E-state index contributed by atoms with van der Waals surface area (Å²) >= 11 is 0. The van der Waals surface area contributed by atoms with Crippen LogP contribution in [0.25, 0.3) is 0 Å². The first kappa shape index (κ1) is 32.5. The maximum absolute atomic E-state index is 13.5. The molecule has 0 radical (unpaired) electrons. The Morgan fingerprint density at radius 2 is 0.897 bits per heavy atom. The van der Waals surface area contributed by atoms with Gasteiger partial charge in [-0.2, -0.15) is 8.78 Å². The molecule has 0 heterocycles. The number of ether oxygens (including phenoxy) is 7. The molecule has 218 valence electrons. The molecule has 39 heavy (non-hydrogen) atoms. The number of esters is 1. The molecule has 0 N–H and O–H groups in total. The third kappa shape index (κ3) is 12.8. The van der Waals surface area contributed by atoms with Gasteiger partial charge in [0.25, 0.3) is 0 Å². The predicted molar refractivity (Wildman–Crippen MR) is 127 cm³/mol. The lowest BCUT2D eigenvalue weighted by atomic mass is 10.2. The fraction of sp³-hybridized carbons (Fsp3) is 0.500. The van der Waals surface area contributed by atoms with Crippen molar-refractivity contribution in [3.63, 3.8) is 0 Å². The van der Waals surface area contributed by atoms with E-state index in [4.69, 9.17) is 28.4 Å². The Balaban J connectivity index is 1.33. The van der Waals surface area contributed by atoms with Gasteiger partial charge >= 0.3 is 5.97 Å². The van der Waals surface area contributed by atoms with Gasteiger partial charge in [0.05, 0.1) is 85.7 Å². The molecule has 0 aliphatic heterocycles. The first-order chi connectivity index (χ1) is 18.9. The summed E-state index contributed by atoms with van der Waals surface area (Å²) in [6.45, 7) is 3.87. The van der Waals surface area contributed by atoms with Gasteiger partial charge in [-0.15, -0.1) is 0 Å². The lowest BCUT2D eigenvalue weighted by Crippen LogP contribution is -2.16. The number of carbonyl (C=O) groups excluding carboxylic acids is 1. The fourth-order valence-corrected chi connectivity index (χ4v) is 2.86. The van der Waals surface area contributed by atoms with Crippen LogP contribution in [-0.4, -0.2) is 78.6 Å². The third-order valence-corrected chi connectivity index (χ3v) is 4.81. The van der Waals surface area contributed by atoms with Crippen LogP contribution in [0.4, 0.5) is 22.0 Å². The van der Waals surface area contributed by atoms with Crippen LogP contribution < -0.4 is 4.74 Å². The average molecular weight is 567 g/mol. The average Bonchev–Trinajstić information content (AvgIpc) is 2.95. The van der Waals surface area contributed by atoms with Crippen molar-refractivity contribution in [1.82, 2.24) is 0 Å². The van der Waals surface area contributed by atoms with E-state index in [2.05, 4.69) is 4.74 Å². The van der Waals surface area contributed by atoms with Gasteiger partial charge in [-0.1, -0.05) is 30.3 Å². The molecule has 2 aromatic carbocycles. The van der Waals surface area contributed by atoms with Gasteiger partial charge in [-0.3, -0.25) is 4.79 Å². The highest BCUT2D eigenvalue weighted by Gasteiger charge is 2.28. The van der Waals surface area contributed by atoms with Gasteiger partial charge in [0.2, 0.25) is 34.8 Å². The number of hydrogen-bond donors (Lipinski definition) is 0. The summed E-state index contributed by atoms with van der Waals surface area (Å²) < 4.78 is 102. The maximum atomic E-state index is 13.5. The van der Waals surface area contributed by atoms with E-state index in [9.17, 15) is 26.7 Å². The highest BCUT2D eigenvalue weighted by Crippen LogP contribution is 2.29. The molecule has 0 spiro atoms. The van der Waals surface area contributed by atoms with E-state index in [0.29, 0.717) is 52.9 Å². The highest BCUT2D eigenvalue weighted by molar-refractivity contribution is 5.72. The van der Waals surface area contributed by atoms with Crippen LogP contribution >= 0.6 is 0 Å². The van der Waals surface area contributed by atoms with Crippen LogP contribution in [-0.2, 0) is 39.8 Å². The number of benzene rings is 2. The molecule has 0 atom stereocenters. The molecule has 0 saturated carbocycles. The molecular weight excluding hydrogens is 535 g/mol. The highest BCUT2D eigenvalue weighted by atomic mass is 19.2. The molecule has 8 nitrogen and oxygen atoms in total. The van der Waals surface area contributed by atoms with Crippen molar-refractivity contribution in [2.24, 2.45) is 0 Å². The minimum Gasteiger partial charge on any atom is -0.420 e. The number of carbonyl (C=O) groups is 1. The van der Waals surface area contributed by atoms with Crippen molar-refractivity contribution in [3.8, 4) is 5.75 Å². The number of hydrogen-bond acceptors (Lipinski definition) is 8. The van der Waals surface area contributed by atoms with Crippen LogP contribution in [0.2, 0.25) is 0 Å². The van der Waals surface area contributed by atoms with Crippen LogP contribution in [0, 0.1) is 29.1 Å². The van der Waals surface area contributed by atoms with Crippen LogP contribution in [0.3, 0.4) is 0 Å². The van der Waals surface area contributed by atoms with Gasteiger partial charge < -0.3 is 33.2 Å². The van der Waals surface area contributed by atoms with E-state index in [0.717, 1.165) is 5.56 Å². The van der Waals surface area contributed by atoms with Gasteiger partial charge in [0.15, 0.2) is 0 Å². The molecule has 2 aromatic rings. The van der Waals surface area contributed by atoms with E-state index >= 15 is 0 Å². The summed E-state index contributed by atoms with van der Waals surface area (Å²) in [6.07, 6.45) is -0.477. The van der Waals surface area contributed by atoms with Crippen molar-refractivity contribution in [2.45, 2.75) is 13.0 Å². The van der Waals surface area contributed by atoms with Crippen LogP contribution in [0.1, 0.15) is 12.0 Å². The molecule has 0 aliphatic rings. The number of halogens is 5. The summed E-state index contributed by atoms with van der Waals surface area (Å²) in [5.74, 6) is -14.1. The zero-order valence-corrected chi connectivity index (χ0v) is 21.2. The second-order valence-electron chi connectivity index (χ2n) is 7.72. The zero-order chi connectivity index (χ0) is 28.3. The lowest BCUT2D eigenvalue weighted by molar-refractivity contribution is -0.136. The maximum Gasteiger partial charge on any atom is 0.313 e. The predicted octanol–water partition coefficient (Wildman–Crippen LogP) is 3.98. The Labute approximate surface area is 222 Å². The van der Waals surface area contributed by atoms with Crippen LogP contribution in [0.5, 0.6) is 5.75 Å². The molecule has 0 fully saturated rings. The lowest BCUT2D eigenvalue weighted by Gasteiger charge is -2.09. The molecule has 0 saturated heterocycles. The first-order valence-corrected chi connectivity index (χ1v) is 12.1. The Hall–Kier alpha value is -2.68. The minimum atomic E-state index is -2.34. The third-order valence-electron chi connectivity index (χ3n) is 4.81. The Morgan fingerprint density at radius 1 is 0.513 bits per heavy atom. The van der Waals surface area contributed by atoms with Crippen LogP contribution in [0.15, 0.2) is 30.3 Å². The van der Waals surface area contributed by atoms with Crippen molar-refractivity contribution in [2.75, 3.05) is 72.7 Å². The van der Waals surface area contributed by atoms with Crippen molar-refractivity contribution < 1.29 is 59.9 Å². The Morgan fingerprint density at radius 3 is 1.36 bits per heavy atom. The largest absolute Gasteiger partial charge is 0.420 e. The topological polar surface area (TPSA) is 81.7 Å². The van der Waals surface area contributed by atoms with E-state index in [-0.39, 0.29) is 26.4 Å². The van der Waals surface area contributed by atoms with Crippen molar-refractivity contribution in [3.05, 3.63) is 65.0 Å². The number of rotatable bonds is 21. The second-order valence-corrected chi connectivity index (χ2v) is 7.72. The second kappa shape index (κ2) is 19.4. The van der Waals surface area contributed by atoms with Gasteiger partial charge in [-0.05, 0) is 5.56 Å². The smallest absolute Gasteiger partial charge is 0.313 e. The summed E-state index contributed by atoms with van der Waals surface area (Å²) in [4.78, 5) is 11.6. The van der Waals surface area contributed by atoms with E-state index < -0.39 is 47.2 Å². The van der Waals surface area contributed by atoms with Crippen molar-refractivity contribution in [1.29, 1.82) is 0 Å². The van der Waals surface area contributed by atoms with Gasteiger partial charge in [0.1, 0.15) is 0 Å². The molecule has 0 aromatic heterocycles. The molecule has 13 heteroatoms. The van der Waals surface area contributed by atoms with Crippen molar-refractivity contribution >= 4 is 5.97 Å². The Bertz CT molecular complexity index is 952.